The molecule has 0 saturated heterocycles. The molecule has 0 spiro atoms. The van der Waals surface area contributed by atoms with E-state index in [1.54, 1.807) is 10.7 Å². The highest BCUT2D eigenvalue weighted by molar-refractivity contribution is 5.29. The van der Waals surface area contributed by atoms with Crippen LogP contribution < -0.4 is 4.74 Å². The van der Waals surface area contributed by atoms with Crippen molar-refractivity contribution in [3.63, 3.8) is 0 Å². The van der Waals surface area contributed by atoms with Crippen LogP contribution in [0.3, 0.4) is 0 Å². The van der Waals surface area contributed by atoms with Crippen molar-refractivity contribution in [2.75, 3.05) is 14.2 Å². The summed E-state index contributed by atoms with van der Waals surface area (Å²) < 4.78 is 20.3. The Kier molecular flexibility index (Phi) is 4.16. The van der Waals surface area contributed by atoms with Crippen molar-refractivity contribution >= 4 is 0 Å². The Morgan fingerprint density at radius 3 is 2.63 bits per heavy atom. The molecule has 0 saturated carbocycles. The molecular weight excluding hydrogens is 245 g/mol. The highest BCUT2D eigenvalue weighted by atomic mass is 19.1. The number of hydrogen-bond donors (Lipinski definition) is 0. The van der Waals surface area contributed by atoms with Crippen molar-refractivity contribution < 1.29 is 9.13 Å². The van der Waals surface area contributed by atoms with Crippen molar-refractivity contribution in [1.29, 1.82) is 0 Å². The molecule has 0 unspecified atom stereocenters. The maximum Gasteiger partial charge on any atom is 0.165 e. The van der Waals surface area contributed by atoms with Crippen LogP contribution in [0.1, 0.15) is 11.1 Å². The van der Waals surface area contributed by atoms with Crippen LogP contribution in [-0.4, -0.2) is 28.8 Å². The average Bonchev–Trinajstić information content (AvgIpc) is 2.74. The first-order chi connectivity index (χ1) is 9.08. The van der Waals surface area contributed by atoms with Crippen molar-refractivity contribution in [3.05, 3.63) is 47.5 Å². The van der Waals surface area contributed by atoms with Crippen LogP contribution in [0, 0.1) is 5.82 Å². The Labute approximate surface area is 112 Å². The van der Waals surface area contributed by atoms with Gasteiger partial charge in [-0.05, 0) is 24.7 Å². The number of ether oxygens (including phenoxy) is 1. The van der Waals surface area contributed by atoms with Crippen LogP contribution in [0.25, 0.3) is 0 Å². The average molecular weight is 263 g/mol. The fourth-order valence-electron chi connectivity index (χ4n) is 2.04. The van der Waals surface area contributed by atoms with E-state index in [4.69, 9.17) is 4.74 Å². The maximum atomic E-state index is 13.6. The van der Waals surface area contributed by atoms with Gasteiger partial charge < -0.3 is 4.74 Å². The Bertz CT molecular complexity index is 553. The van der Waals surface area contributed by atoms with Gasteiger partial charge in [0, 0.05) is 31.9 Å². The summed E-state index contributed by atoms with van der Waals surface area (Å²) in [4.78, 5) is 2.11. The van der Waals surface area contributed by atoms with Crippen LogP contribution in [0.2, 0.25) is 0 Å². The number of rotatable bonds is 5. The smallest absolute Gasteiger partial charge is 0.165 e. The lowest BCUT2D eigenvalue weighted by molar-refractivity contribution is 0.317. The SMILES string of the molecule is COc1ccc(CN(C)Cc2cnn(C)c2)cc1F. The number of halogens is 1. The molecule has 0 amide bonds. The third-order valence-electron chi connectivity index (χ3n) is 2.88. The second-order valence-corrected chi connectivity index (χ2v) is 4.66. The lowest BCUT2D eigenvalue weighted by Gasteiger charge is -2.16. The molecule has 0 N–H and O–H groups in total. The van der Waals surface area contributed by atoms with E-state index in [9.17, 15) is 4.39 Å². The van der Waals surface area contributed by atoms with Gasteiger partial charge in [0.15, 0.2) is 11.6 Å². The molecule has 0 fully saturated rings. The summed E-state index contributed by atoms with van der Waals surface area (Å²) in [5.74, 6) is -0.0477. The molecule has 19 heavy (non-hydrogen) atoms. The molecule has 1 aromatic carbocycles. The van der Waals surface area contributed by atoms with Crippen LogP contribution in [0.5, 0.6) is 5.75 Å². The van der Waals surface area contributed by atoms with E-state index in [-0.39, 0.29) is 11.6 Å². The summed E-state index contributed by atoms with van der Waals surface area (Å²) in [6.07, 6.45) is 3.82. The lowest BCUT2D eigenvalue weighted by atomic mass is 10.2. The minimum Gasteiger partial charge on any atom is -0.494 e. The molecular formula is C14H18FN3O. The zero-order chi connectivity index (χ0) is 13.8. The molecule has 0 radical (unpaired) electrons. The Balaban J connectivity index is 1.98. The minimum atomic E-state index is -0.324. The summed E-state index contributed by atoms with van der Waals surface area (Å²) >= 11 is 0. The molecule has 1 aromatic heterocycles. The molecule has 2 rings (SSSR count). The fraction of sp³-hybridized carbons (Fsp3) is 0.357. The first-order valence-electron chi connectivity index (χ1n) is 6.07. The van der Waals surface area contributed by atoms with E-state index in [0.717, 1.165) is 17.7 Å². The van der Waals surface area contributed by atoms with Crippen LogP contribution in [-0.2, 0) is 20.1 Å². The summed E-state index contributed by atoms with van der Waals surface area (Å²) in [5, 5.41) is 4.13. The predicted octanol–water partition coefficient (Wildman–Crippen LogP) is 2.20. The Morgan fingerprint density at radius 2 is 2.05 bits per heavy atom. The zero-order valence-electron chi connectivity index (χ0n) is 11.4. The monoisotopic (exact) mass is 263 g/mol. The topological polar surface area (TPSA) is 30.3 Å². The normalized spacial score (nSPS) is 11.0. The van der Waals surface area contributed by atoms with Crippen LogP contribution >= 0.6 is 0 Å². The van der Waals surface area contributed by atoms with Gasteiger partial charge in [0.05, 0.1) is 13.3 Å². The second-order valence-electron chi connectivity index (χ2n) is 4.66. The molecule has 2 aromatic rings. The van der Waals surface area contributed by atoms with Gasteiger partial charge in [0.1, 0.15) is 0 Å². The number of aryl methyl sites for hydroxylation is 1. The molecule has 1 heterocycles. The Hall–Kier alpha value is -1.88. The molecule has 0 aliphatic heterocycles. The van der Waals surface area contributed by atoms with Crippen molar-refractivity contribution in [3.8, 4) is 5.75 Å². The largest absolute Gasteiger partial charge is 0.494 e. The van der Waals surface area contributed by atoms with Gasteiger partial charge in [-0.15, -0.1) is 0 Å². The summed E-state index contributed by atoms with van der Waals surface area (Å²) in [5.41, 5.74) is 2.06. The van der Waals surface area contributed by atoms with Gasteiger partial charge in [-0.2, -0.15) is 5.10 Å². The lowest BCUT2D eigenvalue weighted by Crippen LogP contribution is -2.17. The van der Waals surface area contributed by atoms with E-state index < -0.39 is 0 Å². The van der Waals surface area contributed by atoms with E-state index in [1.165, 1.54) is 13.2 Å². The molecule has 0 aliphatic rings. The fourth-order valence-corrected chi connectivity index (χ4v) is 2.04. The standard InChI is InChI=1S/C14H18FN3O/c1-17(9-12-7-16-18(2)10-12)8-11-4-5-14(19-3)13(15)6-11/h4-7,10H,8-9H2,1-3H3. The number of hydrogen-bond acceptors (Lipinski definition) is 3. The van der Waals surface area contributed by atoms with Gasteiger partial charge in [0.2, 0.25) is 0 Å². The van der Waals surface area contributed by atoms with E-state index >= 15 is 0 Å². The van der Waals surface area contributed by atoms with Crippen molar-refractivity contribution in [2.24, 2.45) is 7.05 Å². The minimum absolute atomic E-state index is 0.277. The highest BCUT2D eigenvalue weighted by Gasteiger charge is 2.07. The van der Waals surface area contributed by atoms with E-state index in [2.05, 4.69) is 10.00 Å². The van der Waals surface area contributed by atoms with Crippen LogP contribution in [0.4, 0.5) is 4.39 Å². The first kappa shape index (κ1) is 13.5. The van der Waals surface area contributed by atoms with Gasteiger partial charge in [0.25, 0.3) is 0 Å². The van der Waals surface area contributed by atoms with Gasteiger partial charge in [-0.25, -0.2) is 4.39 Å². The number of benzene rings is 1. The Morgan fingerprint density at radius 1 is 1.32 bits per heavy atom. The highest BCUT2D eigenvalue weighted by Crippen LogP contribution is 2.18. The second kappa shape index (κ2) is 5.84. The molecule has 0 atom stereocenters. The van der Waals surface area contributed by atoms with Gasteiger partial charge in [-0.1, -0.05) is 6.07 Å². The molecule has 5 heteroatoms. The number of methoxy groups -OCH3 is 1. The van der Waals surface area contributed by atoms with Crippen molar-refractivity contribution in [2.45, 2.75) is 13.1 Å². The van der Waals surface area contributed by atoms with Gasteiger partial charge in [-0.3, -0.25) is 9.58 Å². The summed E-state index contributed by atoms with van der Waals surface area (Å²) in [7, 11) is 5.35. The third kappa shape index (κ3) is 3.54. The number of aromatic nitrogens is 2. The summed E-state index contributed by atoms with van der Waals surface area (Å²) in [6.45, 7) is 1.46. The van der Waals surface area contributed by atoms with E-state index in [0.29, 0.717) is 6.54 Å². The van der Waals surface area contributed by atoms with Crippen molar-refractivity contribution in [1.82, 2.24) is 14.7 Å². The number of nitrogens with zero attached hydrogens (tertiary/aromatic N) is 3. The quantitative estimate of drug-likeness (QED) is 0.828. The van der Waals surface area contributed by atoms with E-state index in [1.807, 2.05) is 32.6 Å². The molecule has 0 bridgehead atoms. The van der Waals surface area contributed by atoms with Crippen LogP contribution in [0.15, 0.2) is 30.6 Å². The predicted molar refractivity (Wildman–Crippen MR) is 71.3 cm³/mol. The third-order valence-corrected chi connectivity index (χ3v) is 2.88. The van der Waals surface area contributed by atoms with Gasteiger partial charge >= 0.3 is 0 Å². The molecule has 0 aliphatic carbocycles. The summed E-state index contributed by atoms with van der Waals surface area (Å²) in [6, 6.07) is 5.04. The molecule has 102 valence electrons. The zero-order valence-corrected chi connectivity index (χ0v) is 11.4. The maximum absolute atomic E-state index is 13.6. The molecule has 4 nitrogen and oxygen atoms in total. The first-order valence-corrected chi connectivity index (χ1v) is 6.07.